The Hall–Kier alpha value is -2.72. The van der Waals surface area contributed by atoms with Gasteiger partial charge in [0.1, 0.15) is 11.5 Å². The highest BCUT2D eigenvalue weighted by Crippen LogP contribution is 2.28. The molecular weight excluding hydrogens is 405 g/mol. The van der Waals surface area contributed by atoms with Crippen LogP contribution in [0.1, 0.15) is 0 Å². The summed E-state index contributed by atoms with van der Waals surface area (Å²) in [6, 6.07) is 11.5. The number of hydrogen-bond acceptors (Lipinski definition) is 7. The lowest BCUT2D eigenvalue weighted by Crippen LogP contribution is -2.17. The summed E-state index contributed by atoms with van der Waals surface area (Å²) in [6.07, 6.45) is -4.75. The number of ether oxygens (including phenoxy) is 1. The van der Waals surface area contributed by atoms with Gasteiger partial charge in [-0.25, -0.2) is 0 Å². The highest BCUT2D eigenvalue weighted by atomic mass is 35.5. The number of nitrogens with one attached hydrogen (secondary N) is 1. The molecule has 0 spiro atoms. The van der Waals surface area contributed by atoms with Crippen LogP contribution in [0, 0.1) is 0 Å². The van der Waals surface area contributed by atoms with Crippen LogP contribution in [0.2, 0.25) is 5.28 Å². The quantitative estimate of drug-likeness (QED) is 0.606. The van der Waals surface area contributed by atoms with Gasteiger partial charge < -0.3 is 15.2 Å². The molecule has 0 aliphatic carbocycles. The minimum atomic E-state index is -4.75. The Bertz CT molecular complexity index is 924. The van der Waals surface area contributed by atoms with Crippen LogP contribution in [-0.2, 0) is 0 Å². The van der Waals surface area contributed by atoms with Crippen molar-refractivity contribution in [3.8, 4) is 11.5 Å². The van der Waals surface area contributed by atoms with Crippen LogP contribution >= 0.6 is 23.4 Å². The van der Waals surface area contributed by atoms with E-state index in [1.807, 2.05) is 0 Å². The summed E-state index contributed by atoms with van der Waals surface area (Å²) in [6.45, 7) is 0. The van der Waals surface area contributed by atoms with Crippen LogP contribution in [0.15, 0.2) is 58.6 Å². The van der Waals surface area contributed by atoms with Crippen molar-refractivity contribution in [2.24, 2.45) is 0 Å². The average molecular weight is 415 g/mol. The number of alkyl halides is 3. The molecule has 1 aromatic heterocycles. The molecule has 27 heavy (non-hydrogen) atoms. The molecule has 2 aromatic carbocycles. The van der Waals surface area contributed by atoms with Crippen LogP contribution in [0.4, 0.5) is 24.8 Å². The molecule has 11 heteroatoms. The number of rotatable bonds is 5. The zero-order chi connectivity index (χ0) is 19.4. The summed E-state index contributed by atoms with van der Waals surface area (Å²) in [4.78, 5) is 12.9. The van der Waals surface area contributed by atoms with E-state index in [0.717, 1.165) is 17.0 Å². The standard InChI is InChI=1S/C16H10ClF3N4O2S/c17-13-22-14(21-9-1-5-11(6-2-9)26-16(18,19)20)24-15(23-13)27-12-7-3-10(25)4-8-12/h1-8,25H,(H,21,22,23,24). The van der Waals surface area contributed by atoms with Gasteiger partial charge in [-0.05, 0) is 71.9 Å². The lowest BCUT2D eigenvalue weighted by molar-refractivity contribution is -0.274. The number of phenolic OH excluding ortho intramolecular Hbond substituents is 1. The number of halogens is 4. The molecular formula is C16H10ClF3N4O2S. The highest BCUT2D eigenvalue weighted by Gasteiger charge is 2.30. The van der Waals surface area contributed by atoms with E-state index in [0.29, 0.717) is 10.8 Å². The predicted molar refractivity (Wildman–Crippen MR) is 93.5 cm³/mol. The summed E-state index contributed by atoms with van der Waals surface area (Å²) >= 11 is 7.11. The number of anilines is 2. The van der Waals surface area contributed by atoms with Crippen LogP contribution in [-0.4, -0.2) is 26.4 Å². The molecule has 0 saturated carbocycles. The fourth-order valence-corrected chi connectivity index (χ4v) is 2.88. The minimum absolute atomic E-state index is 0.0502. The highest BCUT2D eigenvalue weighted by molar-refractivity contribution is 7.99. The van der Waals surface area contributed by atoms with Crippen molar-refractivity contribution < 1.29 is 23.0 Å². The van der Waals surface area contributed by atoms with Gasteiger partial charge in [0.25, 0.3) is 0 Å². The van der Waals surface area contributed by atoms with Crippen LogP contribution < -0.4 is 10.1 Å². The number of phenols is 1. The summed E-state index contributed by atoms with van der Waals surface area (Å²) in [5.41, 5.74) is 0.437. The molecule has 0 radical (unpaired) electrons. The summed E-state index contributed by atoms with van der Waals surface area (Å²) in [5.74, 6) is -0.0839. The minimum Gasteiger partial charge on any atom is -0.508 e. The van der Waals surface area contributed by atoms with Crippen molar-refractivity contribution in [1.29, 1.82) is 0 Å². The largest absolute Gasteiger partial charge is 0.573 e. The monoisotopic (exact) mass is 414 g/mol. The smallest absolute Gasteiger partial charge is 0.508 e. The first-order valence-corrected chi connectivity index (χ1v) is 8.47. The van der Waals surface area contributed by atoms with Gasteiger partial charge in [-0.3, -0.25) is 0 Å². The molecule has 1 heterocycles. The van der Waals surface area contributed by atoms with E-state index in [9.17, 15) is 18.3 Å². The molecule has 3 rings (SSSR count). The summed E-state index contributed by atoms with van der Waals surface area (Å²) in [5, 5.41) is 12.4. The molecule has 0 unspecified atom stereocenters. The maximum absolute atomic E-state index is 12.2. The molecule has 0 saturated heterocycles. The number of aromatic hydroxyl groups is 1. The first kappa shape index (κ1) is 19.1. The van der Waals surface area contributed by atoms with Crippen LogP contribution in [0.25, 0.3) is 0 Å². The Morgan fingerprint density at radius 3 is 2.26 bits per heavy atom. The van der Waals surface area contributed by atoms with Gasteiger partial charge in [0, 0.05) is 10.6 Å². The number of benzene rings is 2. The third kappa shape index (κ3) is 5.90. The molecule has 0 bridgehead atoms. The van der Waals surface area contributed by atoms with Gasteiger partial charge >= 0.3 is 6.36 Å². The Kier molecular flexibility index (Phi) is 5.57. The first-order valence-electron chi connectivity index (χ1n) is 7.28. The van der Waals surface area contributed by atoms with Crippen molar-refractivity contribution >= 4 is 35.0 Å². The summed E-state index contributed by atoms with van der Waals surface area (Å²) < 4.78 is 40.4. The summed E-state index contributed by atoms with van der Waals surface area (Å²) in [7, 11) is 0. The zero-order valence-electron chi connectivity index (χ0n) is 13.2. The molecule has 3 aromatic rings. The van der Waals surface area contributed by atoms with E-state index in [4.69, 9.17) is 11.6 Å². The molecule has 6 nitrogen and oxygen atoms in total. The van der Waals surface area contributed by atoms with Gasteiger partial charge in [0.2, 0.25) is 11.2 Å². The number of nitrogens with zero attached hydrogens (tertiary/aromatic N) is 3. The lowest BCUT2D eigenvalue weighted by Gasteiger charge is -2.10. The molecule has 2 N–H and O–H groups in total. The fraction of sp³-hybridized carbons (Fsp3) is 0.0625. The zero-order valence-corrected chi connectivity index (χ0v) is 14.8. The van der Waals surface area contributed by atoms with E-state index >= 15 is 0 Å². The number of aromatic nitrogens is 3. The Morgan fingerprint density at radius 2 is 1.63 bits per heavy atom. The Labute approximate surface area is 160 Å². The third-order valence-corrected chi connectivity index (χ3v) is 4.02. The average Bonchev–Trinajstić information content (AvgIpc) is 2.57. The van der Waals surface area contributed by atoms with E-state index in [-0.39, 0.29) is 22.7 Å². The lowest BCUT2D eigenvalue weighted by atomic mass is 10.3. The number of hydrogen-bond donors (Lipinski definition) is 2. The fourth-order valence-electron chi connectivity index (χ4n) is 1.92. The SMILES string of the molecule is Oc1ccc(Sc2nc(Cl)nc(Nc3ccc(OC(F)(F)F)cc3)n2)cc1. The van der Waals surface area contributed by atoms with Crippen molar-refractivity contribution in [2.45, 2.75) is 16.4 Å². The molecule has 0 fully saturated rings. The normalized spacial score (nSPS) is 11.3. The molecule has 0 amide bonds. The topological polar surface area (TPSA) is 80.2 Å². The van der Waals surface area contributed by atoms with E-state index in [1.165, 1.54) is 36.0 Å². The predicted octanol–water partition coefficient (Wildman–Crippen LogP) is 5.02. The van der Waals surface area contributed by atoms with E-state index in [2.05, 4.69) is 25.0 Å². The van der Waals surface area contributed by atoms with Gasteiger partial charge in [-0.15, -0.1) is 13.2 Å². The Balaban J connectivity index is 1.73. The second-order valence-corrected chi connectivity index (χ2v) is 6.38. The van der Waals surface area contributed by atoms with E-state index < -0.39 is 6.36 Å². The maximum Gasteiger partial charge on any atom is 0.573 e. The Morgan fingerprint density at radius 1 is 0.963 bits per heavy atom. The van der Waals surface area contributed by atoms with Crippen molar-refractivity contribution in [2.75, 3.05) is 5.32 Å². The van der Waals surface area contributed by atoms with Crippen molar-refractivity contribution in [3.63, 3.8) is 0 Å². The maximum atomic E-state index is 12.2. The van der Waals surface area contributed by atoms with Gasteiger partial charge in [0.05, 0.1) is 0 Å². The van der Waals surface area contributed by atoms with Crippen LogP contribution in [0.3, 0.4) is 0 Å². The third-order valence-electron chi connectivity index (χ3n) is 2.98. The second kappa shape index (κ2) is 7.89. The molecule has 0 aliphatic heterocycles. The van der Waals surface area contributed by atoms with E-state index in [1.54, 1.807) is 12.1 Å². The first-order chi connectivity index (χ1) is 12.8. The van der Waals surface area contributed by atoms with Crippen molar-refractivity contribution in [3.05, 3.63) is 53.8 Å². The van der Waals surface area contributed by atoms with Crippen LogP contribution in [0.5, 0.6) is 11.5 Å². The van der Waals surface area contributed by atoms with Gasteiger partial charge in [-0.1, -0.05) is 0 Å². The van der Waals surface area contributed by atoms with Gasteiger partial charge in [0.15, 0.2) is 5.16 Å². The molecule has 140 valence electrons. The second-order valence-electron chi connectivity index (χ2n) is 5.00. The van der Waals surface area contributed by atoms with Crippen molar-refractivity contribution in [1.82, 2.24) is 15.0 Å². The molecule has 0 aliphatic rings. The van der Waals surface area contributed by atoms with Gasteiger partial charge in [-0.2, -0.15) is 15.0 Å². The molecule has 0 atom stereocenters.